The minimum atomic E-state index is -0.287. The van der Waals surface area contributed by atoms with Crippen LogP contribution in [-0.2, 0) is 20.7 Å². The van der Waals surface area contributed by atoms with Gasteiger partial charge in [0, 0.05) is 18.3 Å². The Balaban J connectivity index is 1.88. The van der Waals surface area contributed by atoms with Crippen molar-refractivity contribution in [2.45, 2.75) is 46.6 Å². The van der Waals surface area contributed by atoms with Gasteiger partial charge in [-0.25, -0.2) is 0 Å². The zero-order chi connectivity index (χ0) is 23.8. The number of fused-ring (bicyclic) bond motifs is 1. The van der Waals surface area contributed by atoms with Crippen LogP contribution < -0.4 is 14.8 Å². The van der Waals surface area contributed by atoms with Crippen molar-refractivity contribution < 1.29 is 23.8 Å². The smallest absolute Gasteiger partial charge is 0.307 e. The van der Waals surface area contributed by atoms with Crippen LogP contribution >= 0.6 is 0 Å². The summed E-state index contributed by atoms with van der Waals surface area (Å²) in [6.45, 7) is 9.80. The second-order valence-corrected chi connectivity index (χ2v) is 7.97. The van der Waals surface area contributed by atoms with Crippen LogP contribution in [0, 0.1) is 6.92 Å². The van der Waals surface area contributed by atoms with Crippen molar-refractivity contribution in [3.63, 3.8) is 0 Å². The monoisotopic (exact) mass is 454 g/mol. The SMILES string of the molecule is CCOC(=O)C[C@@H]1c2cc(OCC)c(OCC)cc2CCN1CC(=O)Nc1ccccc1C. The Bertz CT molecular complexity index is 975. The highest BCUT2D eigenvalue weighted by molar-refractivity contribution is 5.93. The Kier molecular flexibility index (Phi) is 8.72. The number of carbonyl (C=O) groups excluding carboxylic acids is 2. The van der Waals surface area contributed by atoms with E-state index in [1.165, 1.54) is 0 Å². The third-order valence-corrected chi connectivity index (χ3v) is 5.70. The molecule has 1 N–H and O–H groups in total. The molecule has 0 spiro atoms. The van der Waals surface area contributed by atoms with Crippen LogP contribution in [0.4, 0.5) is 5.69 Å². The molecule has 1 aliphatic heterocycles. The molecule has 0 bridgehead atoms. The summed E-state index contributed by atoms with van der Waals surface area (Å²) in [4.78, 5) is 27.4. The molecule has 1 heterocycles. The van der Waals surface area contributed by atoms with Crippen molar-refractivity contribution >= 4 is 17.6 Å². The van der Waals surface area contributed by atoms with E-state index in [1.807, 2.05) is 62.1 Å². The molecule has 2 aromatic carbocycles. The predicted molar refractivity (Wildman–Crippen MR) is 128 cm³/mol. The van der Waals surface area contributed by atoms with E-state index < -0.39 is 0 Å². The molecule has 178 valence electrons. The van der Waals surface area contributed by atoms with Gasteiger partial charge < -0.3 is 19.5 Å². The predicted octanol–water partition coefficient (Wildman–Crippen LogP) is 4.28. The Morgan fingerprint density at radius 1 is 1.03 bits per heavy atom. The van der Waals surface area contributed by atoms with Crippen molar-refractivity contribution in [2.75, 3.05) is 38.2 Å². The second kappa shape index (κ2) is 11.7. The van der Waals surface area contributed by atoms with Crippen LogP contribution in [0.15, 0.2) is 36.4 Å². The van der Waals surface area contributed by atoms with E-state index in [0.29, 0.717) is 37.9 Å². The van der Waals surface area contributed by atoms with E-state index >= 15 is 0 Å². The molecule has 0 fully saturated rings. The molecule has 33 heavy (non-hydrogen) atoms. The number of esters is 1. The topological polar surface area (TPSA) is 77.1 Å². The normalized spacial score (nSPS) is 15.5. The minimum absolute atomic E-state index is 0.113. The lowest BCUT2D eigenvalue weighted by Gasteiger charge is -2.37. The highest BCUT2D eigenvalue weighted by atomic mass is 16.5. The van der Waals surface area contributed by atoms with Gasteiger partial charge in [-0.1, -0.05) is 18.2 Å². The highest BCUT2D eigenvalue weighted by Gasteiger charge is 2.32. The lowest BCUT2D eigenvalue weighted by atomic mass is 9.90. The summed E-state index contributed by atoms with van der Waals surface area (Å²) < 4.78 is 16.9. The van der Waals surface area contributed by atoms with Crippen molar-refractivity contribution in [1.82, 2.24) is 4.90 Å². The molecular formula is C26H34N2O5. The molecule has 0 saturated heterocycles. The number of carbonyl (C=O) groups is 2. The zero-order valence-corrected chi connectivity index (χ0v) is 20.0. The Morgan fingerprint density at radius 3 is 2.39 bits per heavy atom. The molecule has 0 aromatic heterocycles. The number of aryl methyl sites for hydroxylation is 1. The Hall–Kier alpha value is -3.06. The third-order valence-electron chi connectivity index (χ3n) is 5.70. The van der Waals surface area contributed by atoms with Crippen molar-refractivity contribution in [3.05, 3.63) is 53.1 Å². The summed E-state index contributed by atoms with van der Waals surface area (Å²) >= 11 is 0. The standard InChI is InChI=1S/C26H34N2O5/c1-5-31-23-14-19-12-13-28(17-25(29)27-21-11-9-8-10-18(21)4)22(16-26(30)33-7-3)20(19)15-24(23)32-6-2/h8-11,14-15,22H,5-7,12-13,16-17H2,1-4H3,(H,27,29)/t22-/m1/s1. The summed E-state index contributed by atoms with van der Waals surface area (Å²) in [6.07, 6.45) is 0.914. The molecule has 7 nitrogen and oxygen atoms in total. The maximum Gasteiger partial charge on any atom is 0.307 e. The van der Waals surface area contributed by atoms with E-state index in [-0.39, 0.29) is 30.9 Å². The quantitative estimate of drug-likeness (QED) is 0.540. The number of hydrogen-bond donors (Lipinski definition) is 1. The molecule has 1 atom stereocenters. The van der Waals surface area contributed by atoms with E-state index in [2.05, 4.69) is 5.32 Å². The lowest BCUT2D eigenvalue weighted by molar-refractivity contribution is -0.145. The molecule has 0 unspecified atom stereocenters. The molecule has 0 saturated carbocycles. The largest absolute Gasteiger partial charge is 0.490 e. The molecule has 2 aromatic rings. The van der Waals surface area contributed by atoms with Gasteiger partial charge in [0.15, 0.2) is 11.5 Å². The number of para-hydroxylation sites is 1. The Labute approximate surface area is 196 Å². The number of benzene rings is 2. The minimum Gasteiger partial charge on any atom is -0.490 e. The van der Waals surface area contributed by atoms with E-state index in [9.17, 15) is 9.59 Å². The molecule has 1 aliphatic rings. The Morgan fingerprint density at radius 2 is 1.73 bits per heavy atom. The highest BCUT2D eigenvalue weighted by Crippen LogP contribution is 2.40. The van der Waals surface area contributed by atoms with Gasteiger partial charge in [0.1, 0.15) is 0 Å². The number of hydrogen-bond acceptors (Lipinski definition) is 6. The lowest BCUT2D eigenvalue weighted by Crippen LogP contribution is -2.41. The van der Waals surface area contributed by atoms with Crippen LogP contribution in [-0.4, -0.2) is 49.7 Å². The van der Waals surface area contributed by atoms with Crippen LogP contribution in [0.3, 0.4) is 0 Å². The fourth-order valence-corrected chi connectivity index (χ4v) is 4.19. The van der Waals surface area contributed by atoms with Gasteiger partial charge in [-0.05, 0) is 69.0 Å². The number of anilines is 1. The number of rotatable bonds is 10. The van der Waals surface area contributed by atoms with Gasteiger partial charge in [-0.3, -0.25) is 14.5 Å². The van der Waals surface area contributed by atoms with Crippen LogP contribution in [0.5, 0.6) is 11.5 Å². The van der Waals surface area contributed by atoms with Gasteiger partial charge >= 0.3 is 5.97 Å². The molecule has 3 rings (SSSR count). The van der Waals surface area contributed by atoms with Gasteiger partial charge in [0.25, 0.3) is 0 Å². The zero-order valence-electron chi connectivity index (χ0n) is 20.0. The maximum atomic E-state index is 12.9. The number of amides is 1. The van der Waals surface area contributed by atoms with Gasteiger partial charge in [0.2, 0.25) is 5.91 Å². The van der Waals surface area contributed by atoms with Crippen molar-refractivity contribution in [3.8, 4) is 11.5 Å². The summed E-state index contributed by atoms with van der Waals surface area (Å²) in [6, 6.07) is 11.4. The van der Waals surface area contributed by atoms with Crippen molar-refractivity contribution in [1.29, 1.82) is 0 Å². The third kappa shape index (κ3) is 6.26. The first-order valence-electron chi connectivity index (χ1n) is 11.6. The fraction of sp³-hybridized carbons (Fsp3) is 0.462. The summed E-state index contributed by atoms with van der Waals surface area (Å²) in [5.41, 5.74) is 3.88. The molecule has 1 amide bonds. The molecule has 0 aliphatic carbocycles. The van der Waals surface area contributed by atoms with Crippen LogP contribution in [0.25, 0.3) is 0 Å². The second-order valence-electron chi connectivity index (χ2n) is 7.97. The molecule has 7 heteroatoms. The van der Waals surface area contributed by atoms with Gasteiger partial charge in [-0.2, -0.15) is 0 Å². The van der Waals surface area contributed by atoms with Crippen LogP contribution in [0.2, 0.25) is 0 Å². The van der Waals surface area contributed by atoms with E-state index in [4.69, 9.17) is 14.2 Å². The van der Waals surface area contributed by atoms with Crippen molar-refractivity contribution in [2.24, 2.45) is 0 Å². The fourth-order valence-electron chi connectivity index (χ4n) is 4.19. The van der Waals surface area contributed by atoms with Gasteiger partial charge in [-0.15, -0.1) is 0 Å². The van der Waals surface area contributed by atoms with E-state index in [1.54, 1.807) is 6.92 Å². The first-order chi connectivity index (χ1) is 16.0. The first kappa shape index (κ1) is 24.6. The number of nitrogens with one attached hydrogen (secondary N) is 1. The van der Waals surface area contributed by atoms with E-state index in [0.717, 1.165) is 28.8 Å². The van der Waals surface area contributed by atoms with Gasteiger partial charge in [0.05, 0.1) is 32.8 Å². The average Bonchev–Trinajstić information content (AvgIpc) is 2.78. The van der Waals surface area contributed by atoms with Crippen LogP contribution in [0.1, 0.15) is 49.9 Å². The summed E-state index contributed by atoms with van der Waals surface area (Å²) in [5, 5.41) is 3.00. The number of nitrogens with zero attached hydrogens (tertiary/aromatic N) is 1. The summed E-state index contributed by atoms with van der Waals surface area (Å²) in [5.74, 6) is 0.959. The molecular weight excluding hydrogens is 420 g/mol. The first-order valence-corrected chi connectivity index (χ1v) is 11.6. The number of ether oxygens (including phenoxy) is 3. The maximum absolute atomic E-state index is 12.9. The average molecular weight is 455 g/mol. The summed E-state index contributed by atoms with van der Waals surface area (Å²) in [7, 11) is 0. The molecule has 0 radical (unpaired) electrons.